The number of aromatic nitrogens is 1. The van der Waals surface area contributed by atoms with Gasteiger partial charge in [-0.1, -0.05) is 45.1 Å². The van der Waals surface area contributed by atoms with Crippen molar-refractivity contribution in [1.29, 1.82) is 0 Å². The zero-order valence-corrected chi connectivity index (χ0v) is 12.7. The standard InChI is InChI=1S/C16H18N2OS/c1-16(2,3)11-6-4-7-12(10-11)19-15-13(14(17)20)8-5-9-18-15/h4-10H,1-3H3,(H2,17,20). The Morgan fingerprint density at radius 3 is 2.60 bits per heavy atom. The predicted octanol–water partition coefficient (Wildman–Crippen LogP) is 3.81. The molecule has 20 heavy (non-hydrogen) atoms. The summed E-state index contributed by atoms with van der Waals surface area (Å²) in [6, 6.07) is 11.6. The minimum absolute atomic E-state index is 0.0650. The molecule has 0 saturated heterocycles. The van der Waals surface area contributed by atoms with Crippen LogP contribution in [0.25, 0.3) is 0 Å². The highest BCUT2D eigenvalue weighted by Gasteiger charge is 2.15. The van der Waals surface area contributed by atoms with Gasteiger partial charge in [-0.25, -0.2) is 4.98 Å². The van der Waals surface area contributed by atoms with Crippen molar-refractivity contribution in [2.75, 3.05) is 0 Å². The minimum Gasteiger partial charge on any atom is -0.438 e. The predicted molar refractivity (Wildman–Crippen MR) is 85.3 cm³/mol. The third-order valence-corrected chi connectivity index (χ3v) is 3.17. The number of ether oxygens (including phenoxy) is 1. The third-order valence-electron chi connectivity index (χ3n) is 2.95. The molecule has 4 heteroatoms. The Balaban J connectivity index is 2.34. The number of hydrogen-bond acceptors (Lipinski definition) is 3. The average Bonchev–Trinajstić information content (AvgIpc) is 2.38. The van der Waals surface area contributed by atoms with Crippen molar-refractivity contribution < 1.29 is 4.74 Å². The van der Waals surface area contributed by atoms with Crippen molar-refractivity contribution in [3.8, 4) is 11.6 Å². The molecule has 0 amide bonds. The quantitative estimate of drug-likeness (QED) is 0.872. The second-order valence-corrected chi connectivity index (χ2v) is 6.04. The Kier molecular flexibility index (Phi) is 4.04. The number of pyridine rings is 1. The first-order valence-electron chi connectivity index (χ1n) is 6.41. The van der Waals surface area contributed by atoms with Gasteiger partial charge in [-0.15, -0.1) is 0 Å². The molecule has 0 spiro atoms. The maximum atomic E-state index is 5.83. The number of benzene rings is 1. The van der Waals surface area contributed by atoms with Crippen molar-refractivity contribution in [2.24, 2.45) is 5.73 Å². The van der Waals surface area contributed by atoms with E-state index in [0.29, 0.717) is 11.4 Å². The molecule has 2 N–H and O–H groups in total. The van der Waals surface area contributed by atoms with E-state index in [1.165, 1.54) is 5.56 Å². The van der Waals surface area contributed by atoms with E-state index in [2.05, 4.69) is 31.8 Å². The van der Waals surface area contributed by atoms with Crippen molar-refractivity contribution in [2.45, 2.75) is 26.2 Å². The summed E-state index contributed by atoms with van der Waals surface area (Å²) < 4.78 is 5.83. The smallest absolute Gasteiger partial charge is 0.229 e. The molecule has 0 unspecified atom stereocenters. The van der Waals surface area contributed by atoms with Crippen LogP contribution < -0.4 is 10.5 Å². The van der Waals surface area contributed by atoms with Crippen LogP contribution in [0.15, 0.2) is 42.6 Å². The molecule has 1 aromatic carbocycles. The van der Waals surface area contributed by atoms with Crippen molar-refractivity contribution in [1.82, 2.24) is 4.98 Å². The van der Waals surface area contributed by atoms with Gasteiger partial charge in [0, 0.05) is 6.20 Å². The number of hydrogen-bond donors (Lipinski definition) is 1. The second kappa shape index (κ2) is 5.59. The van der Waals surface area contributed by atoms with E-state index in [1.54, 1.807) is 18.3 Å². The van der Waals surface area contributed by atoms with Gasteiger partial charge in [0.2, 0.25) is 5.88 Å². The lowest BCUT2D eigenvalue weighted by atomic mass is 9.87. The molecule has 1 aromatic heterocycles. The van der Waals surface area contributed by atoms with E-state index in [1.807, 2.05) is 18.2 Å². The Labute approximate surface area is 124 Å². The molecular formula is C16H18N2OS. The summed E-state index contributed by atoms with van der Waals surface area (Å²) in [4.78, 5) is 4.48. The van der Waals surface area contributed by atoms with Crippen LogP contribution in [0.1, 0.15) is 31.9 Å². The Morgan fingerprint density at radius 1 is 1.20 bits per heavy atom. The van der Waals surface area contributed by atoms with Crippen LogP contribution in [0, 0.1) is 0 Å². The van der Waals surface area contributed by atoms with Crippen LogP contribution in [0.5, 0.6) is 11.6 Å². The number of rotatable bonds is 3. The van der Waals surface area contributed by atoms with Crippen LogP contribution in [-0.2, 0) is 5.41 Å². The average molecular weight is 286 g/mol. The number of nitrogens with zero attached hydrogens (tertiary/aromatic N) is 1. The van der Waals surface area contributed by atoms with Crippen LogP contribution in [0.3, 0.4) is 0 Å². The lowest BCUT2D eigenvalue weighted by Crippen LogP contribution is -2.12. The van der Waals surface area contributed by atoms with Crippen molar-refractivity contribution in [3.63, 3.8) is 0 Å². The van der Waals surface area contributed by atoms with Gasteiger partial charge in [0.1, 0.15) is 10.7 Å². The Hall–Kier alpha value is -1.94. The largest absolute Gasteiger partial charge is 0.438 e. The van der Waals surface area contributed by atoms with Crippen LogP contribution in [-0.4, -0.2) is 9.97 Å². The summed E-state index contributed by atoms with van der Waals surface area (Å²) in [6.45, 7) is 6.48. The first kappa shape index (κ1) is 14.5. The molecule has 2 aromatic rings. The fraction of sp³-hybridized carbons (Fsp3) is 0.250. The van der Waals surface area contributed by atoms with E-state index in [9.17, 15) is 0 Å². The molecule has 0 radical (unpaired) electrons. The molecule has 0 aliphatic carbocycles. The van der Waals surface area contributed by atoms with Crippen molar-refractivity contribution >= 4 is 17.2 Å². The molecule has 0 saturated carbocycles. The summed E-state index contributed by atoms with van der Waals surface area (Å²) in [5.74, 6) is 1.17. The summed E-state index contributed by atoms with van der Waals surface area (Å²) in [7, 11) is 0. The van der Waals surface area contributed by atoms with Gasteiger partial charge in [-0.05, 0) is 35.2 Å². The topological polar surface area (TPSA) is 48.1 Å². The SMILES string of the molecule is CC(C)(C)c1cccc(Oc2ncccc2C(N)=S)c1. The van der Waals surface area contributed by atoms with Crippen LogP contribution in [0.4, 0.5) is 0 Å². The highest BCUT2D eigenvalue weighted by Crippen LogP contribution is 2.28. The maximum Gasteiger partial charge on any atom is 0.229 e. The molecular weight excluding hydrogens is 268 g/mol. The number of thiocarbonyl (C=S) groups is 1. The molecule has 3 nitrogen and oxygen atoms in total. The maximum absolute atomic E-state index is 5.83. The summed E-state index contributed by atoms with van der Waals surface area (Å²) in [6.07, 6.45) is 1.66. The molecule has 0 aliphatic heterocycles. The molecule has 0 fully saturated rings. The molecule has 0 aliphatic rings. The lowest BCUT2D eigenvalue weighted by molar-refractivity contribution is 0.459. The highest BCUT2D eigenvalue weighted by molar-refractivity contribution is 7.80. The highest BCUT2D eigenvalue weighted by atomic mass is 32.1. The normalized spacial score (nSPS) is 11.2. The van der Waals surface area contributed by atoms with E-state index in [4.69, 9.17) is 22.7 Å². The van der Waals surface area contributed by atoms with Crippen molar-refractivity contribution in [3.05, 3.63) is 53.7 Å². The van der Waals surface area contributed by atoms with Gasteiger partial charge >= 0.3 is 0 Å². The Morgan fingerprint density at radius 2 is 1.95 bits per heavy atom. The first-order chi connectivity index (χ1) is 9.38. The van der Waals surface area contributed by atoms with Gasteiger partial charge in [0.05, 0.1) is 5.56 Å². The zero-order chi connectivity index (χ0) is 14.8. The lowest BCUT2D eigenvalue weighted by Gasteiger charge is -2.19. The third kappa shape index (κ3) is 3.33. The van der Waals surface area contributed by atoms with E-state index in [0.717, 1.165) is 5.75 Å². The molecule has 2 rings (SSSR count). The first-order valence-corrected chi connectivity index (χ1v) is 6.82. The second-order valence-electron chi connectivity index (χ2n) is 5.60. The van der Waals surface area contributed by atoms with Gasteiger partial charge in [-0.3, -0.25) is 0 Å². The summed E-state index contributed by atoms with van der Waals surface area (Å²) in [5.41, 5.74) is 7.58. The van der Waals surface area contributed by atoms with Gasteiger partial charge in [0.25, 0.3) is 0 Å². The monoisotopic (exact) mass is 286 g/mol. The van der Waals surface area contributed by atoms with Crippen LogP contribution >= 0.6 is 12.2 Å². The molecule has 0 bridgehead atoms. The fourth-order valence-electron chi connectivity index (χ4n) is 1.80. The molecule has 104 valence electrons. The number of nitrogens with two attached hydrogens (primary N) is 1. The van der Waals surface area contributed by atoms with Crippen LogP contribution in [0.2, 0.25) is 0 Å². The Bertz CT molecular complexity index is 632. The summed E-state index contributed by atoms with van der Waals surface area (Å²) >= 11 is 5.01. The van der Waals surface area contributed by atoms with E-state index < -0.39 is 0 Å². The van der Waals surface area contributed by atoms with Gasteiger partial charge in [-0.2, -0.15) is 0 Å². The molecule has 1 heterocycles. The zero-order valence-electron chi connectivity index (χ0n) is 11.9. The van der Waals surface area contributed by atoms with E-state index in [-0.39, 0.29) is 10.4 Å². The summed E-state index contributed by atoms with van der Waals surface area (Å²) in [5, 5.41) is 0. The minimum atomic E-state index is 0.0650. The molecule has 0 atom stereocenters. The van der Waals surface area contributed by atoms with E-state index >= 15 is 0 Å². The van der Waals surface area contributed by atoms with Gasteiger partial charge < -0.3 is 10.5 Å². The fourth-order valence-corrected chi connectivity index (χ4v) is 1.95. The van der Waals surface area contributed by atoms with Gasteiger partial charge in [0.15, 0.2) is 0 Å².